The van der Waals surface area contributed by atoms with E-state index >= 15 is 0 Å². The largest absolute Gasteiger partial charge is 0.357 e. The van der Waals surface area contributed by atoms with Crippen LogP contribution in [0.5, 0.6) is 0 Å². The van der Waals surface area contributed by atoms with Crippen molar-refractivity contribution in [3.8, 4) is 0 Å². The van der Waals surface area contributed by atoms with Crippen LogP contribution in [0.4, 0.5) is 5.13 Å². The molecule has 0 aliphatic heterocycles. The van der Waals surface area contributed by atoms with E-state index < -0.39 is 0 Å². The Bertz CT molecular complexity index is 873. The van der Waals surface area contributed by atoms with Crippen LogP contribution < -0.4 is 10.6 Å². The van der Waals surface area contributed by atoms with Gasteiger partial charge >= 0.3 is 0 Å². The Balaban J connectivity index is 1.26. The molecule has 1 fully saturated rings. The van der Waals surface area contributed by atoms with E-state index in [2.05, 4.69) is 69.4 Å². The predicted octanol–water partition coefficient (Wildman–Crippen LogP) is 4.54. The fraction of sp³-hybridized carbons (Fsp3) is 0.318. The van der Waals surface area contributed by atoms with Crippen molar-refractivity contribution >= 4 is 34.1 Å². The number of hydrogen-bond donors (Lipinski definition) is 2. The predicted molar refractivity (Wildman–Crippen MR) is 120 cm³/mol. The van der Waals surface area contributed by atoms with Crippen molar-refractivity contribution in [2.24, 2.45) is 0 Å². The van der Waals surface area contributed by atoms with Crippen LogP contribution in [0.1, 0.15) is 36.3 Å². The number of nitrogens with zero attached hydrogens (tertiary/aromatic N) is 2. The van der Waals surface area contributed by atoms with Crippen LogP contribution in [0.15, 0.2) is 65.0 Å². The molecule has 5 nitrogen and oxygen atoms in total. The second-order valence-corrected chi connectivity index (χ2v) is 9.29. The molecule has 1 saturated carbocycles. The minimum Gasteiger partial charge on any atom is -0.357 e. The molecule has 2 aromatic carbocycles. The summed E-state index contributed by atoms with van der Waals surface area (Å²) < 4.78 is 0.828. The van der Waals surface area contributed by atoms with Gasteiger partial charge in [-0.3, -0.25) is 4.79 Å². The number of anilines is 1. The first-order valence-electron chi connectivity index (χ1n) is 9.87. The Morgan fingerprint density at radius 2 is 1.69 bits per heavy atom. The van der Waals surface area contributed by atoms with E-state index in [1.165, 1.54) is 47.1 Å². The topological polar surface area (TPSA) is 66.9 Å². The summed E-state index contributed by atoms with van der Waals surface area (Å²) in [7, 11) is 0. The van der Waals surface area contributed by atoms with Crippen LogP contribution >= 0.6 is 23.1 Å². The van der Waals surface area contributed by atoms with Crippen LogP contribution in [0.25, 0.3) is 0 Å². The number of hydrogen-bond acceptors (Lipinski definition) is 6. The molecule has 1 amide bonds. The minimum atomic E-state index is 0.0294. The molecule has 0 atom stereocenters. The molecule has 150 valence electrons. The van der Waals surface area contributed by atoms with Crippen molar-refractivity contribution in [2.75, 3.05) is 17.6 Å². The third-order valence-corrected chi connectivity index (χ3v) is 6.79. The number of thioether (sulfide) groups is 1. The van der Waals surface area contributed by atoms with Gasteiger partial charge in [-0.25, -0.2) is 0 Å². The summed E-state index contributed by atoms with van der Waals surface area (Å²) >= 11 is 2.96. The van der Waals surface area contributed by atoms with Gasteiger partial charge in [-0.1, -0.05) is 83.8 Å². The molecule has 1 aliphatic rings. The van der Waals surface area contributed by atoms with Crippen LogP contribution in [0, 0.1) is 0 Å². The van der Waals surface area contributed by atoms with Gasteiger partial charge in [0.25, 0.3) is 0 Å². The van der Waals surface area contributed by atoms with E-state index in [-0.39, 0.29) is 11.8 Å². The van der Waals surface area contributed by atoms with Gasteiger partial charge in [-0.2, -0.15) is 0 Å². The summed E-state index contributed by atoms with van der Waals surface area (Å²) in [5.41, 5.74) is 2.54. The smallest absolute Gasteiger partial charge is 0.230 e. The maximum atomic E-state index is 12.3. The van der Waals surface area contributed by atoms with E-state index in [4.69, 9.17) is 0 Å². The van der Waals surface area contributed by atoms with Gasteiger partial charge in [0.15, 0.2) is 4.34 Å². The molecule has 7 heteroatoms. The van der Waals surface area contributed by atoms with Crippen molar-refractivity contribution in [1.29, 1.82) is 0 Å². The van der Waals surface area contributed by atoms with Gasteiger partial charge in [-0.15, -0.1) is 10.2 Å². The quantitative estimate of drug-likeness (QED) is 0.468. The van der Waals surface area contributed by atoms with Crippen LogP contribution in [0.2, 0.25) is 0 Å². The van der Waals surface area contributed by atoms with Gasteiger partial charge in [0.05, 0.1) is 5.75 Å². The molecule has 0 spiro atoms. The summed E-state index contributed by atoms with van der Waals surface area (Å²) in [5, 5.41) is 15.5. The zero-order valence-electron chi connectivity index (χ0n) is 16.1. The Kier molecular flexibility index (Phi) is 6.79. The molecule has 0 unspecified atom stereocenters. The fourth-order valence-corrected chi connectivity index (χ4v) is 4.82. The van der Waals surface area contributed by atoms with E-state index in [0.717, 1.165) is 15.9 Å². The van der Waals surface area contributed by atoms with Gasteiger partial charge in [0.1, 0.15) is 0 Å². The number of amides is 1. The number of aromatic nitrogens is 2. The third-order valence-electron chi connectivity index (χ3n) is 4.80. The van der Waals surface area contributed by atoms with E-state index in [1.807, 2.05) is 12.1 Å². The Labute approximate surface area is 179 Å². The summed E-state index contributed by atoms with van der Waals surface area (Å²) in [6.07, 6.45) is 3.27. The van der Waals surface area contributed by atoms with Crippen LogP contribution in [0.3, 0.4) is 0 Å². The standard InChI is InChI=1S/C22H24N4OS2/c27-20(15-28-22-26-25-21(29-22)24-18-11-12-18)23-14-13-19(16-7-3-1-4-8-16)17-9-5-2-6-10-17/h1-10,18-19H,11-15H2,(H,23,27)(H,24,25). The first-order chi connectivity index (χ1) is 14.3. The number of nitrogens with one attached hydrogen (secondary N) is 2. The maximum Gasteiger partial charge on any atom is 0.230 e. The highest BCUT2D eigenvalue weighted by Gasteiger charge is 2.22. The molecule has 0 radical (unpaired) electrons. The van der Waals surface area contributed by atoms with Crippen LogP contribution in [-0.2, 0) is 4.79 Å². The zero-order valence-corrected chi connectivity index (χ0v) is 17.7. The van der Waals surface area contributed by atoms with Gasteiger partial charge in [0, 0.05) is 18.5 Å². The Hall–Kier alpha value is -2.38. The number of benzene rings is 2. The summed E-state index contributed by atoms with van der Waals surface area (Å²) in [4.78, 5) is 12.3. The van der Waals surface area contributed by atoms with Crippen molar-refractivity contribution in [3.05, 3.63) is 71.8 Å². The average Bonchev–Trinajstić information content (AvgIpc) is 3.46. The summed E-state index contributed by atoms with van der Waals surface area (Å²) in [6.45, 7) is 0.637. The monoisotopic (exact) mass is 424 g/mol. The van der Waals surface area contributed by atoms with Gasteiger partial charge in [-0.05, 0) is 30.4 Å². The molecule has 29 heavy (non-hydrogen) atoms. The highest BCUT2D eigenvalue weighted by atomic mass is 32.2. The normalized spacial score (nSPS) is 13.4. The second kappa shape index (κ2) is 9.89. The molecular formula is C22H24N4OS2. The SMILES string of the molecule is O=C(CSc1nnc(NC2CC2)s1)NCCC(c1ccccc1)c1ccccc1. The maximum absolute atomic E-state index is 12.3. The lowest BCUT2D eigenvalue weighted by Crippen LogP contribution is -2.27. The molecule has 2 N–H and O–H groups in total. The molecule has 3 aromatic rings. The lowest BCUT2D eigenvalue weighted by molar-refractivity contribution is -0.118. The van der Waals surface area contributed by atoms with Crippen molar-refractivity contribution in [1.82, 2.24) is 15.5 Å². The first-order valence-corrected chi connectivity index (χ1v) is 11.7. The molecule has 0 bridgehead atoms. The zero-order chi connectivity index (χ0) is 19.9. The lowest BCUT2D eigenvalue weighted by atomic mass is 9.88. The van der Waals surface area contributed by atoms with Crippen molar-refractivity contribution in [3.63, 3.8) is 0 Å². The Morgan fingerprint density at radius 1 is 1.03 bits per heavy atom. The number of carbonyl (C=O) groups is 1. The minimum absolute atomic E-state index is 0.0294. The molecule has 1 aromatic heterocycles. The summed E-state index contributed by atoms with van der Waals surface area (Å²) in [6, 6.07) is 21.5. The van der Waals surface area contributed by atoms with Gasteiger partial charge in [0.2, 0.25) is 11.0 Å². The third kappa shape index (κ3) is 6.05. The molecule has 1 heterocycles. The lowest BCUT2D eigenvalue weighted by Gasteiger charge is -2.18. The molecular weight excluding hydrogens is 400 g/mol. The van der Waals surface area contributed by atoms with E-state index in [9.17, 15) is 4.79 Å². The highest BCUT2D eigenvalue weighted by Crippen LogP contribution is 2.30. The fourth-order valence-electron chi connectivity index (χ4n) is 3.16. The number of carbonyl (C=O) groups excluding carboxylic acids is 1. The van der Waals surface area contributed by atoms with Crippen LogP contribution in [-0.4, -0.2) is 34.4 Å². The molecule has 0 saturated heterocycles. The second-order valence-electron chi connectivity index (χ2n) is 7.09. The van der Waals surface area contributed by atoms with Gasteiger partial charge < -0.3 is 10.6 Å². The van der Waals surface area contributed by atoms with Crippen molar-refractivity contribution < 1.29 is 4.79 Å². The first kappa shape index (κ1) is 19.9. The molecule has 4 rings (SSSR count). The van der Waals surface area contributed by atoms with E-state index in [1.54, 1.807) is 0 Å². The van der Waals surface area contributed by atoms with Crippen molar-refractivity contribution in [2.45, 2.75) is 35.6 Å². The van der Waals surface area contributed by atoms with E-state index in [0.29, 0.717) is 18.3 Å². The number of rotatable bonds is 10. The average molecular weight is 425 g/mol. The Morgan fingerprint density at radius 3 is 2.31 bits per heavy atom. The highest BCUT2D eigenvalue weighted by molar-refractivity contribution is 8.01. The summed E-state index contributed by atoms with van der Waals surface area (Å²) in [5.74, 6) is 0.658. The molecule has 1 aliphatic carbocycles.